The molecule has 1 aliphatic rings. The summed E-state index contributed by atoms with van der Waals surface area (Å²) >= 11 is 0. The first-order chi connectivity index (χ1) is 7.59. The molecule has 1 unspecified atom stereocenters. The zero-order valence-corrected chi connectivity index (χ0v) is 8.94. The number of aromatic nitrogens is 2. The summed E-state index contributed by atoms with van der Waals surface area (Å²) in [6.07, 6.45) is 1.96. The number of nitrogens with zero attached hydrogens (tertiary/aromatic N) is 3. The predicted molar refractivity (Wildman–Crippen MR) is 52.9 cm³/mol. The van der Waals surface area contributed by atoms with Crippen molar-refractivity contribution in [2.45, 2.75) is 25.3 Å². The lowest BCUT2D eigenvalue weighted by molar-refractivity contribution is -0.143. The van der Waals surface area contributed by atoms with E-state index in [2.05, 4.69) is 5.10 Å². The quantitative estimate of drug-likeness (QED) is 0.767. The number of amides is 1. The standard InChI is InChI=1S/C10H13F2N3O/c1-14-6-7(5-13-14)8-3-2-4-15(8)10(16)9(11)12/h5-6,8-9H,2-4H2,1H3. The fourth-order valence-corrected chi connectivity index (χ4v) is 2.11. The molecule has 1 aromatic heterocycles. The molecule has 0 saturated carbocycles. The predicted octanol–water partition coefficient (Wildman–Crippen LogP) is 1.35. The number of hydrogen-bond acceptors (Lipinski definition) is 2. The van der Waals surface area contributed by atoms with Gasteiger partial charge in [0.2, 0.25) is 0 Å². The Morgan fingerprint density at radius 2 is 2.38 bits per heavy atom. The molecule has 2 heterocycles. The van der Waals surface area contributed by atoms with Crippen LogP contribution in [0.25, 0.3) is 0 Å². The van der Waals surface area contributed by atoms with E-state index in [1.54, 1.807) is 24.1 Å². The maximum atomic E-state index is 12.4. The molecule has 1 fully saturated rings. The van der Waals surface area contributed by atoms with Crippen LogP contribution in [0.1, 0.15) is 24.4 Å². The molecule has 4 nitrogen and oxygen atoms in total. The minimum atomic E-state index is -2.92. The van der Waals surface area contributed by atoms with Crippen LogP contribution in [-0.4, -0.2) is 33.6 Å². The zero-order valence-electron chi connectivity index (χ0n) is 8.94. The van der Waals surface area contributed by atoms with E-state index in [0.29, 0.717) is 6.54 Å². The average molecular weight is 229 g/mol. The molecule has 1 aromatic rings. The first kappa shape index (κ1) is 11.0. The van der Waals surface area contributed by atoms with E-state index < -0.39 is 12.3 Å². The Morgan fingerprint density at radius 1 is 1.62 bits per heavy atom. The molecule has 0 aliphatic carbocycles. The second-order valence-corrected chi connectivity index (χ2v) is 3.94. The smallest absolute Gasteiger partial charge is 0.315 e. The number of rotatable bonds is 2. The van der Waals surface area contributed by atoms with Crippen molar-refractivity contribution in [3.8, 4) is 0 Å². The second kappa shape index (κ2) is 4.19. The number of hydrogen-bond donors (Lipinski definition) is 0. The topological polar surface area (TPSA) is 38.1 Å². The third-order valence-electron chi connectivity index (χ3n) is 2.83. The van der Waals surface area contributed by atoms with Crippen molar-refractivity contribution in [1.29, 1.82) is 0 Å². The van der Waals surface area contributed by atoms with Crippen LogP contribution >= 0.6 is 0 Å². The molecule has 1 saturated heterocycles. The van der Waals surface area contributed by atoms with E-state index in [0.717, 1.165) is 18.4 Å². The normalized spacial score (nSPS) is 20.8. The Morgan fingerprint density at radius 3 is 2.94 bits per heavy atom. The third-order valence-corrected chi connectivity index (χ3v) is 2.83. The number of carbonyl (C=O) groups excluding carboxylic acids is 1. The van der Waals surface area contributed by atoms with Crippen LogP contribution in [-0.2, 0) is 11.8 Å². The van der Waals surface area contributed by atoms with E-state index in [-0.39, 0.29) is 6.04 Å². The van der Waals surface area contributed by atoms with Crippen molar-refractivity contribution >= 4 is 5.91 Å². The van der Waals surface area contributed by atoms with E-state index in [4.69, 9.17) is 0 Å². The molecule has 0 radical (unpaired) electrons. The zero-order chi connectivity index (χ0) is 11.7. The van der Waals surface area contributed by atoms with Crippen LogP contribution in [0.15, 0.2) is 12.4 Å². The van der Waals surface area contributed by atoms with Gasteiger partial charge in [0.05, 0.1) is 12.2 Å². The van der Waals surface area contributed by atoms with Crippen molar-refractivity contribution in [1.82, 2.24) is 14.7 Å². The van der Waals surface area contributed by atoms with Gasteiger partial charge in [-0.15, -0.1) is 0 Å². The SMILES string of the molecule is Cn1cc(C2CCCN2C(=O)C(F)F)cn1. The molecular formula is C10H13F2N3O. The Labute approximate surface area is 91.8 Å². The van der Waals surface area contributed by atoms with Gasteiger partial charge in [0, 0.05) is 25.4 Å². The summed E-state index contributed by atoms with van der Waals surface area (Å²) in [6.45, 7) is 0.405. The summed E-state index contributed by atoms with van der Waals surface area (Å²) in [5.41, 5.74) is 0.828. The average Bonchev–Trinajstić information content (AvgIpc) is 2.83. The number of carbonyl (C=O) groups is 1. The molecule has 88 valence electrons. The van der Waals surface area contributed by atoms with Gasteiger partial charge >= 0.3 is 6.43 Å². The van der Waals surface area contributed by atoms with Crippen LogP contribution in [0, 0.1) is 0 Å². The first-order valence-electron chi connectivity index (χ1n) is 5.17. The van der Waals surface area contributed by atoms with Gasteiger partial charge in [0.25, 0.3) is 5.91 Å². The molecule has 2 rings (SSSR count). The van der Waals surface area contributed by atoms with Gasteiger partial charge in [0.15, 0.2) is 0 Å². The number of halogens is 2. The highest BCUT2D eigenvalue weighted by Crippen LogP contribution is 2.32. The van der Waals surface area contributed by atoms with Crippen molar-refractivity contribution in [3.05, 3.63) is 18.0 Å². The van der Waals surface area contributed by atoms with Crippen LogP contribution in [0.4, 0.5) is 8.78 Å². The van der Waals surface area contributed by atoms with Crippen molar-refractivity contribution < 1.29 is 13.6 Å². The fraction of sp³-hybridized carbons (Fsp3) is 0.600. The van der Waals surface area contributed by atoms with Gasteiger partial charge in [-0.25, -0.2) is 0 Å². The van der Waals surface area contributed by atoms with Crippen LogP contribution < -0.4 is 0 Å². The highest BCUT2D eigenvalue weighted by molar-refractivity contribution is 5.80. The Balaban J connectivity index is 2.18. The lowest BCUT2D eigenvalue weighted by Crippen LogP contribution is -2.34. The van der Waals surface area contributed by atoms with Gasteiger partial charge in [-0.1, -0.05) is 0 Å². The lowest BCUT2D eigenvalue weighted by atomic mass is 10.1. The summed E-state index contributed by atoms with van der Waals surface area (Å²) in [7, 11) is 1.76. The maximum Gasteiger partial charge on any atom is 0.315 e. The molecular weight excluding hydrogens is 216 g/mol. The summed E-state index contributed by atoms with van der Waals surface area (Å²) in [5.74, 6) is -1.08. The molecule has 1 aliphatic heterocycles. The molecule has 0 spiro atoms. The fourth-order valence-electron chi connectivity index (χ4n) is 2.11. The molecule has 6 heteroatoms. The summed E-state index contributed by atoms with van der Waals surface area (Å²) in [6, 6.07) is -0.241. The number of alkyl halides is 2. The highest BCUT2D eigenvalue weighted by atomic mass is 19.3. The summed E-state index contributed by atoms with van der Waals surface area (Å²) in [5, 5.41) is 3.99. The van der Waals surface area contributed by atoms with Crippen molar-refractivity contribution in [3.63, 3.8) is 0 Å². The summed E-state index contributed by atoms with van der Waals surface area (Å²) in [4.78, 5) is 12.5. The van der Waals surface area contributed by atoms with E-state index >= 15 is 0 Å². The van der Waals surface area contributed by atoms with Crippen molar-refractivity contribution in [2.24, 2.45) is 7.05 Å². The number of likely N-dealkylation sites (tertiary alicyclic amines) is 1. The third kappa shape index (κ3) is 1.91. The first-order valence-corrected chi connectivity index (χ1v) is 5.17. The number of aryl methyl sites for hydroxylation is 1. The molecule has 1 amide bonds. The summed E-state index contributed by atoms with van der Waals surface area (Å²) < 4.78 is 26.3. The van der Waals surface area contributed by atoms with E-state index in [9.17, 15) is 13.6 Å². The van der Waals surface area contributed by atoms with Gasteiger partial charge in [-0.2, -0.15) is 13.9 Å². The van der Waals surface area contributed by atoms with Crippen molar-refractivity contribution in [2.75, 3.05) is 6.54 Å². The second-order valence-electron chi connectivity index (χ2n) is 3.94. The largest absolute Gasteiger partial charge is 0.331 e. The van der Waals surface area contributed by atoms with Gasteiger partial charge in [0.1, 0.15) is 0 Å². The minimum absolute atomic E-state index is 0.241. The van der Waals surface area contributed by atoms with Gasteiger partial charge in [-0.3, -0.25) is 9.48 Å². The molecule has 0 bridgehead atoms. The van der Waals surface area contributed by atoms with E-state index in [1.165, 1.54) is 4.90 Å². The Bertz CT molecular complexity index is 391. The molecule has 16 heavy (non-hydrogen) atoms. The van der Waals surface area contributed by atoms with E-state index in [1.807, 2.05) is 0 Å². The van der Waals surface area contributed by atoms with Crippen LogP contribution in [0.5, 0.6) is 0 Å². The van der Waals surface area contributed by atoms with Crippen LogP contribution in [0.3, 0.4) is 0 Å². The maximum absolute atomic E-state index is 12.4. The van der Waals surface area contributed by atoms with Crippen LogP contribution in [0.2, 0.25) is 0 Å². The highest BCUT2D eigenvalue weighted by Gasteiger charge is 2.34. The molecule has 0 N–H and O–H groups in total. The lowest BCUT2D eigenvalue weighted by Gasteiger charge is -2.23. The monoisotopic (exact) mass is 229 g/mol. The Kier molecular flexibility index (Phi) is 2.89. The molecule has 1 atom stereocenters. The minimum Gasteiger partial charge on any atom is -0.331 e. The van der Waals surface area contributed by atoms with Gasteiger partial charge < -0.3 is 4.90 Å². The molecule has 0 aromatic carbocycles. The Hall–Kier alpha value is -1.46. The van der Waals surface area contributed by atoms with Gasteiger partial charge in [-0.05, 0) is 12.8 Å².